The standard InChI is InChI=1S/2C8H18N2O.C5H11NO/c1-5-6(2)10-8(11)7(3)9-4;1-5-6(2)8(11)10-7(3)9-4;1-4(6-3)5(2)7/h2*6-7,9H,5H2,1-4H3,(H,10,11);4,6H,1-3H3. The van der Waals surface area contributed by atoms with E-state index in [1.54, 1.807) is 21.0 Å². The molecule has 0 fully saturated rings. The fourth-order valence-electron chi connectivity index (χ4n) is 1.42. The number of hydrogen-bond acceptors (Lipinski definition) is 6. The summed E-state index contributed by atoms with van der Waals surface area (Å²) in [6.07, 6.45) is 1.93. The van der Waals surface area contributed by atoms with E-state index in [2.05, 4.69) is 33.5 Å². The third-order valence-electron chi connectivity index (χ3n) is 4.72. The van der Waals surface area contributed by atoms with Crippen molar-refractivity contribution in [2.24, 2.45) is 5.92 Å². The molecule has 0 aliphatic rings. The molecule has 5 atom stereocenters. The first-order chi connectivity index (χ1) is 13.4. The highest BCUT2D eigenvalue weighted by atomic mass is 16.2. The van der Waals surface area contributed by atoms with Crippen molar-refractivity contribution in [1.29, 1.82) is 0 Å². The number of rotatable bonds is 10. The number of hydrogen-bond donors (Lipinski definition) is 5. The molecule has 8 nitrogen and oxygen atoms in total. The van der Waals surface area contributed by atoms with Gasteiger partial charge >= 0.3 is 0 Å². The van der Waals surface area contributed by atoms with Crippen LogP contribution in [-0.2, 0) is 14.4 Å². The van der Waals surface area contributed by atoms with E-state index >= 15 is 0 Å². The molecule has 0 aliphatic heterocycles. The highest BCUT2D eigenvalue weighted by Crippen LogP contribution is 1.99. The monoisotopic (exact) mass is 417 g/mol. The average Bonchev–Trinajstić information content (AvgIpc) is 2.71. The Bertz CT molecular complexity index is 416. The van der Waals surface area contributed by atoms with Crippen LogP contribution in [0.4, 0.5) is 0 Å². The Morgan fingerprint density at radius 2 is 1.17 bits per heavy atom. The molecule has 0 aliphatic carbocycles. The van der Waals surface area contributed by atoms with Crippen LogP contribution in [0.15, 0.2) is 0 Å². The van der Waals surface area contributed by atoms with Crippen LogP contribution < -0.4 is 26.6 Å². The van der Waals surface area contributed by atoms with E-state index in [1.165, 1.54) is 0 Å². The highest BCUT2D eigenvalue weighted by molar-refractivity contribution is 5.81. The third-order valence-corrected chi connectivity index (χ3v) is 4.72. The maximum absolute atomic E-state index is 11.2. The molecule has 0 aromatic rings. The topological polar surface area (TPSA) is 111 Å². The van der Waals surface area contributed by atoms with Gasteiger partial charge in [0.15, 0.2) is 0 Å². The molecule has 174 valence electrons. The largest absolute Gasteiger partial charge is 0.352 e. The van der Waals surface area contributed by atoms with E-state index < -0.39 is 0 Å². The van der Waals surface area contributed by atoms with Crippen molar-refractivity contribution >= 4 is 17.6 Å². The van der Waals surface area contributed by atoms with E-state index in [4.69, 9.17) is 0 Å². The molecule has 0 heterocycles. The van der Waals surface area contributed by atoms with Crippen LogP contribution in [0.25, 0.3) is 0 Å². The molecular weight excluding hydrogens is 370 g/mol. The number of nitrogens with one attached hydrogen (secondary N) is 5. The van der Waals surface area contributed by atoms with Crippen LogP contribution in [0.5, 0.6) is 0 Å². The summed E-state index contributed by atoms with van der Waals surface area (Å²) in [6.45, 7) is 15.2. The lowest BCUT2D eigenvalue weighted by atomic mass is 10.1. The summed E-state index contributed by atoms with van der Waals surface area (Å²) in [6, 6.07) is 0.197. The average molecular weight is 418 g/mol. The first-order valence-corrected chi connectivity index (χ1v) is 10.5. The molecule has 5 N–H and O–H groups in total. The second kappa shape index (κ2) is 19.8. The molecule has 0 aromatic carbocycles. The normalized spacial score (nSPS) is 15.1. The zero-order valence-electron chi connectivity index (χ0n) is 20.5. The Kier molecular flexibility index (Phi) is 22.0. The molecule has 0 aromatic heterocycles. The first kappa shape index (κ1) is 32.2. The number of ketones is 1. The second-order valence-electron chi connectivity index (χ2n) is 7.28. The van der Waals surface area contributed by atoms with Gasteiger partial charge in [0.05, 0.1) is 18.2 Å². The van der Waals surface area contributed by atoms with Crippen LogP contribution in [0, 0.1) is 5.92 Å². The van der Waals surface area contributed by atoms with Crippen LogP contribution >= 0.6 is 0 Å². The molecule has 5 unspecified atom stereocenters. The van der Waals surface area contributed by atoms with Crippen LogP contribution in [0.2, 0.25) is 0 Å². The van der Waals surface area contributed by atoms with Gasteiger partial charge in [-0.25, -0.2) is 0 Å². The fourth-order valence-corrected chi connectivity index (χ4v) is 1.42. The molecule has 0 rings (SSSR count). The molecule has 0 bridgehead atoms. The van der Waals surface area contributed by atoms with Gasteiger partial charge in [-0.2, -0.15) is 0 Å². The van der Waals surface area contributed by atoms with E-state index in [9.17, 15) is 14.4 Å². The number of likely N-dealkylation sites (N-methyl/N-ethyl adjacent to an activating group) is 2. The molecule has 29 heavy (non-hydrogen) atoms. The predicted octanol–water partition coefficient (Wildman–Crippen LogP) is 1.41. The van der Waals surface area contributed by atoms with Crippen LogP contribution in [0.3, 0.4) is 0 Å². The van der Waals surface area contributed by atoms with E-state index in [0.29, 0.717) is 0 Å². The smallest absolute Gasteiger partial charge is 0.237 e. The number of carbonyl (C=O) groups is 3. The van der Waals surface area contributed by atoms with Gasteiger partial charge in [-0.15, -0.1) is 0 Å². The molecule has 0 spiro atoms. The summed E-state index contributed by atoms with van der Waals surface area (Å²) < 4.78 is 0. The summed E-state index contributed by atoms with van der Waals surface area (Å²) in [5.74, 6) is 0.490. The van der Waals surface area contributed by atoms with Crippen LogP contribution in [0.1, 0.15) is 68.2 Å². The lowest BCUT2D eigenvalue weighted by Crippen LogP contribution is -2.43. The zero-order valence-corrected chi connectivity index (χ0v) is 20.5. The Balaban J connectivity index is -0.000000360. The van der Waals surface area contributed by atoms with Gasteiger partial charge in [0.1, 0.15) is 5.78 Å². The maximum Gasteiger partial charge on any atom is 0.237 e. The lowest BCUT2D eigenvalue weighted by Gasteiger charge is -2.15. The van der Waals surface area contributed by atoms with E-state index in [1.807, 2.05) is 48.6 Å². The first-order valence-electron chi connectivity index (χ1n) is 10.5. The summed E-state index contributed by atoms with van der Waals surface area (Å²) in [5, 5.41) is 14.3. The van der Waals surface area contributed by atoms with Gasteiger partial charge < -0.3 is 26.6 Å². The van der Waals surface area contributed by atoms with Crippen molar-refractivity contribution < 1.29 is 14.4 Å². The molecule has 0 radical (unpaired) electrons. The van der Waals surface area contributed by atoms with Gasteiger partial charge in [-0.05, 0) is 68.6 Å². The van der Waals surface area contributed by atoms with Crippen molar-refractivity contribution in [2.45, 2.75) is 92.5 Å². The summed E-state index contributed by atoms with van der Waals surface area (Å²) in [7, 11) is 5.37. The lowest BCUT2D eigenvalue weighted by molar-refractivity contribution is -0.125. The van der Waals surface area contributed by atoms with Gasteiger partial charge in [0, 0.05) is 12.0 Å². The van der Waals surface area contributed by atoms with E-state index in [-0.39, 0.29) is 47.8 Å². The van der Waals surface area contributed by atoms with Crippen molar-refractivity contribution in [1.82, 2.24) is 26.6 Å². The summed E-state index contributed by atoms with van der Waals surface area (Å²) >= 11 is 0. The van der Waals surface area contributed by atoms with E-state index in [0.717, 1.165) is 12.8 Å². The minimum absolute atomic E-state index is 0.0139. The van der Waals surface area contributed by atoms with Gasteiger partial charge in [-0.1, -0.05) is 20.8 Å². The molecule has 0 saturated heterocycles. The fraction of sp³-hybridized carbons (Fsp3) is 0.857. The van der Waals surface area contributed by atoms with Crippen molar-refractivity contribution in [3.63, 3.8) is 0 Å². The SMILES string of the molecule is CCC(C)C(=O)NC(C)NC.CCC(C)NC(=O)C(C)NC.CNC(C)C(C)=O. The van der Waals surface area contributed by atoms with Crippen molar-refractivity contribution in [2.75, 3.05) is 21.1 Å². The van der Waals surface area contributed by atoms with Crippen molar-refractivity contribution in [3.05, 3.63) is 0 Å². The molecular formula is C21H47N5O3. The Morgan fingerprint density at radius 1 is 0.690 bits per heavy atom. The minimum Gasteiger partial charge on any atom is -0.352 e. The van der Waals surface area contributed by atoms with Gasteiger partial charge in [0.2, 0.25) is 11.8 Å². The van der Waals surface area contributed by atoms with Crippen LogP contribution in [-0.4, -0.2) is 63.0 Å². The number of amides is 2. The van der Waals surface area contributed by atoms with Crippen molar-refractivity contribution in [3.8, 4) is 0 Å². The zero-order chi connectivity index (χ0) is 23.6. The Hall–Kier alpha value is -1.51. The summed E-state index contributed by atoms with van der Waals surface area (Å²) in [5.41, 5.74) is 0. The molecule has 2 amide bonds. The highest BCUT2D eigenvalue weighted by Gasteiger charge is 2.12. The number of Topliss-reactive ketones (excluding diaryl/α,β-unsaturated/α-hetero) is 1. The molecule has 0 saturated carbocycles. The van der Waals surface area contributed by atoms with Gasteiger partial charge in [-0.3, -0.25) is 14.4 Å². The van der Waals surface area contributed by atoms with Gasteiger partial charge in [0.25, 0.3) is 0 Å². The molecule has 8 heteroatoms. The quantitative estimate of drug-likeness (QED) is 0.344. The summed E-state index contributed by atoms with van der Waals surface area (Å²) in [4.78, 5) is 32.7. The number of carbonyl (C=O) groups excluding carboxylic acids is 3. The second-order valence-corrected chi connectivity index (χ2v) is 7.28. The minimum atomic E-state index is -0.0935. The Morgan fingerprint density at radius 3 is 1.45 bits per heavy atom. The predicted molar refractivity (Wildman–Crippen MR) is 122 cm³/mol. The third kappa shape index (κ3) is 19.6. The Labute approximate surface area is 178 Å². The maximum atomic E-state index is 11.2.